The summed E-state index contributed by atoms with van der Waals surface area (Å²) in [6.45, 7) is 3.97. The number of unbranched alkanes of at least 4 members (excludes halogenated alkanes) is 1. The van der Waals surface area contributed by atoms with E-state index in [4.69, 9.17) is 0 Å². The van der Waals surface area contributed by atoms with Gasteiger partial charge in [-0.05, 0) is 13.3 Å². The van der Waals surface area contributed by atoms with Crippen LogP contribution in [-0.4, -0.2) is 0 Å². The molecule has 0 nitrogen and oxygen atoms in total. The topological polar surface area (TPSA) is 0 Å². The molecule has 0 fully saturated rings. The monoisotopic (exact) mass is 116 g/mol. The standard InChI is InChI=1S/C8H13.Li/c1-3-5-7-8-6-4-2;/h3,5-6H,7-8H2,1-2H3;/q-1;+1/b5-3+;. The summed E-state index contributed by atoms with van der Waals surface area (Å²) in [6.07, 6.45) is 11.5. The molecule has 0 rings (SSSR count). The Morgan fingerprint density at radius 2 is 2.00 bits per heavy atom. The van der Waals surface area contributed by atoms with Crippen LogP contribution in [0.3, 0.4) is 0 Å². The van der Waals surface area contributed by atoms with Crippen LogP contribution in [0, 0.1) is 6.08 Å². The second kappa shape index (κ2) is 11.0. The van der Waals surface area contributed by atoms with Gasteiger partial charge in [0.25, 0.3) is 0 Å². The molecule has 0 spiro atoms. The van der Waals surface area contributed by atoms with Gasteiger partial charge in [0.15, 0.2) is 0 Å². The zero-order valence-electron chi connectivity index (χ0n) is 6.65. The number of allylic oxidation sites excluding steroid dienone is 4. The summed E-state index contributed by atoms with van der Waals surface area (Å²) >= 11 is 0. The molecule has 0 saturated heterocycles. The Hall–Kier alpha value is 0.0774. The Kier molecular flexibility index (Phi) is 14.4. The van der Waals surface area contributed by atoms with Gasteiger partial charge in [-0.3, -0.25) is 6.08 Å². The molecule has 0 saturated carbocycles. The molecule has 0 radical (unpaired) electrons. The van der Waals surface area contributed by atoms with Gasteiger partial charge in [-0.15, -0.1) is 0 Å². The number of hydrogen-bond donors (Lipinski definition) is 0. The molecule has 0 atom stereocenters. The summed E-state index contributed by atoms with van der Waals surface area (Å²) in [7, 11) is 0. The van der Waals surface area contributed by atoms with Crippen LogP contribution >= 0.6 is 0 Å². The number of rotatable bonds is 3. The third kappa shape index (κ3) is 11.6. The van der Waals surface area contributed by atoms with Gasteiger partial charge >= 0.3 is 18.9 Å². The van der Waals surface area contributed by atoms with E-state index in [9.17, 15) is 0 Å². The third-order valence-corrected chi connectivity index (χ3v) is 0.917. The van der Waals surface area contributed by atoms with E-state index in [1.54, 1.807) is 0 Å². The molecule has 46 valence electrons. The molecule has 0 aliphatic carbocycles. The largest absolute Gasteiger partial charge is 1.00 e. The van der Waals surface area contributed by atoms with Crippen LogP contribution in [0.1, 0.15) is 26.7 Å². The molecule has 0 amide bonds. The summed E-state index contributed by atoms with van der Waals surface area (Å²) in [6, 6.07) is 0. The third-order valence-electron chi connectivity index (χ3n) is 0.917. The quantitative estimate of drug-likeness (QED) is 0.206. The van der Waals surface area contributed by atoms with Crippen LogP contribution in [0.2, 0.25) is 0 Å². The second-order valence-corrected chi connectivity index (χ2v) is 1.64. The second-order valence-electron chi connectivity index (χ2n) is 1.64. The van der Waals surface area contributed by atoms with E-state index in [1.807, 2.05) is 13.8 Å². The van der Waals surface area contributed by atoms with Crippen LogP contribution in [0.15, 0.2) is 18.2 Å². The van der Waals surface area contributed by atoms with Crippen LogP contribution in [0.25, 0.3) is 0 Å². The smallest absolute Gasteiger partial charge is 0.504 e. The Morgan fingerprint density at radius 1 is 1.33 bits per heavy atom. The van der Waals surface area contributed by atoms with Gasteiger partial charge in [0.1, 0.15) is 0 Å². The van der Waals surface area contributed by atoms with Crippen LogP contribution in [-0.2, 0) is 0 Å². The summed E-state index contributed by atoms with van der Waals surface area (Å²) in [5, 5.41) is 0. The van der Waals surface area contributed by atoms with Crippen molar-refractivity contribution in [3.05, 3.63) is 24.3 Å². The molecule has 0 aromatic rings. The fraction of sp³-hybridized carbons (Fsp3) is 0.500. The van der Waals surface area contributed by atoms with Crippen molar-refractivity contribution in [1.29, 1.82) is 0 Å². The van der Waals surface area contributed by atoms with Crippen LogP contribution < -0.4 is 18.9 Å². The normalized spacial score (nSPS) is 10.4. The zero-order valence-corrected chi connectivity index (χ0v) is 6.65. The van der Waals surface area contributed by atoms with Crippen LogP contribution in [0.5, 0.6) is 0 Å². The zero-order chi connectivity index (χ0) is 6.24. The van der Waals surface area contributed by atoms with Gasteiger partial charge in [0.05, 0.1) is 0 Å². The summed E-state index contributed by atoms with van der Waals surface area (Å²) in [4.78, 5) is 0. The van der Waals surface area contributed by atoms with Crippen molar-refractivity contribution in [2.24, 2.45) is 0 Å². The summed E-state index contributed by atoms with van der Waals surface area (Å²) < 4.78 is 0. The van der Waals surface area contributed by atoms with Crippen molar-refractivity contribution in [2.75, 3.05) is 0 Å². The first-order valence-electron chi connectivity index (χ1n) is 3.02. The number of hydrogen-bond acceptors (Lipinski definition) is 0. The average Bonchev–Trinajstić information content (AvgIpc) is 1.81. The summed E-state index contributed by atoms with van der Waals surface area (Å²) in [5.74, 6) is 0. The van der Waals surface area contributed by atoms with Gasteiger partial charge < -0.3 is 6.08 Å². The van der Waals surface area contributed by atoms with E-state index >= 15 is 0 Å². The molecule has 0 heterocycles. The summed E-state index contributed by atoms with van der Waals surface area (Å²) in [5.41, 5.74) is 0. The Morgan fingerprint density at radius 3 is 2.44 bits per heavy atom. The van der Waals surface area contributed by atoms with E-state index in [2.05, 4.69) is 24.3 Å². The molecule has 0 N–H and O–H groups in total. The van der Waals surface area contributed by atoms with Crippen molar-refractivity contribution in [1.82, 2.24) is 0 Å². The maximum atomic E-state index is 2.97. The fourth-order valence-electron chi connectivity index (χ4n) is 0.491. The first kappa shape index (κ1) is 11.8. The van der Waals surface area contributed by atoms with E-state index in [1.165, 1.54) is 0 Å². The van der Waals surface area contributed by atoms with E-state index in [0.29, 0.717) is 0 Å². The van der Waals surface area contributed by atoms with Crippen molar-refractivity contribution >= 4 is 0 Å². The molecule has 9 heavy (non-hydrogen) atoms. The maximum Gasteiger partial charge on any atom is 1.00 e. The molecule has 1 heteroatoms. The van der Waals surface area contributed by atoms with Gasteiger partial charge in [0.2, 0.25) is 0 Å². The van der Waals surface area contributed by atoms with E-state index in [-0.39, 0.29) is 18.9 Å². The molecule has 0 aliphatic rings. The average molecular weight is 116 g/mol. The first-order chi connectivity index (χ1) is 3.91. The molecular weight excluding hydrogens is 103 g/mol. The van der Waals surface area contributed by atoms with Gasteiger partial charge in [-0.2, -0.15) is 6.92 Å². The van der Waals surface area contributed by atoms with Crippen molar-refractivity contribution in [2.45, 2.75) is 26.7 Å². The van der Waals surface area contributed by atoms with E-state index < -0.39 is 0 Å². The van der Waals surface area contributed by atoms with Gasteiger partial charge in [-0.1, -0.05) is 18.6 Å². The molecule has 0 aromatic heterocycles. The fourth-order valence-corrected chi connectivity index (χ4v) is 0.491. The predicted octanol–water partition coefficient (Wildman–Crippen LogP) is -0.274. The Balaban J connectivity index is 0. The Bertz CT molecular complexity index is 70.6. The maximum absolute atomic E-state index is 2.97. The van der Waals surface area contributed by atoms with Crippen molar-refractivity contribution < 1.29 is 18.9 Å². The van der Waals surface area contributed by atoms with Crippen molar-refractivity contribution in [3.63, 3.8) is 0 Å². The SMILES string of the molecule is C[C-]=CCC/C=C/C.[Li+]. The first-order valence-corrected chi connectivity index (χ1v) is 3.02. The van der Waals surface area contributed by atoms with E-state index in [0.717, 1.165) is 12.8 Å². The minimum absolute atomic E-state index is 0. The Labute approximate surface area is 70.2 Å². The predicted molar refractivity (Wildman–Crippen MR) is 37.5 cm³/mol. The van der Waals surface area contributed by atoms with Gasteiger partial charge in [-0.25, -0.2) is 0 Å². The van der Waals surface area contributed by atoms with Crippen molar-refractivity contribution in [3.8, 4) is 0 Å². The molecule has 0 aliphatic heterocycles. The van der Waals surface area contributed by atoms with Gasteiger partial charge in [0, 0.05) is 0 Å². The minimum atomic E-state index is 0. The molecule has 0 aromatic carbocycles. The molecular formula is C8H13Li. The molecule has 0 unspecified atom stereocenters. The van der Waals surface area contributed by atoms with Crippen LogP contribution in [0.4, 0.5) is 0 Å². The minimum Gasteiger partial charge on any atom is -0.504 e. The molecule has 0 bridgehead atoms.